The number of thioether (sulfide) groups is 1. The van der Waals surface area contributed by atoms with Crippen molar-refractivity contribution in [2.75, 3.05) is 33.9 Å². The summed E-state index contributed by atoms with van der Waals surface area (Å²) in [5, 5.41) is 2.56. The van der Waals surface area contributed by atoms with E-state index >= 15 is 0 Å². The lowest BCUT2D eigenvalue weighted by Gasteiger charge is -2.37. The van der Waals surface area contributed by atoms with Gasteiger partial charge in [0.05, 0.1) is 50.5 Å². The van der Waals surface area contributed by atoms with Crippen LogP contribution >= 0.6 is 11.8 Å². The lowest BCUT2D eigenvalue weighted by atomic mass is 9.93. The van der Waals surface area contributed by atoms with Gasteiger partial charge in [-0.2, -0.15) is 0 Å². The van der Waals surface area contributed by atoms with Crippen LogP contribution in [0.25, 0.3) is 0 Å². The molecule has 1 amide bonds. The average molecular weight is 620 g/mol. The van der Waals surface area contributed by atoms with Gasteiger partial charge in [0.2, 0.25) is 5.91 Å². The van der Waals surface area contributed by atoms with E-state index in [1.165, 1.54) is 18.9 Å². The Kier molecular flexibility index (Phi) is 9.94. The van der Waals surface area contributed by atoms with Crippen molar-refractivity contribution in [3.05, 3.63) is 82.0 Å². The number of piperidine rings is 1. The number of carbonyl (C=O) groups is 3. The third kappa shape index (κ3) is 6.62. The van der Waals surface area contributed by atoms with Crippen LogP contribution in [0.15, 0.2) is 75.9 Å². The van der Waals surface area contributed by atoms with Crippen molar-refractivity contribution in [1.29, 1.82) is 0 Å². The van der Waals surface area contributed by atoms with Gasteiger partial charge in [-0.15, -0.1) is 0 Å². The van der Waals surface area contributed by atoms with E-state index in [2.05, 4.69) is 0 Å². The fourth-order valence-corrected chi connectivity index (χ4v) is 6.65. The number of esters is 2. The third-order valence-electron chi connectivity index (χ3n) is 7.87. The molecule has 2 aromatic carbocycles. The molecule has 0 radical (unpaired) electrons. The minimum absolute atomic E-state index is 0.0843. The van der Waals surface area contributed by atoms with Gasteiger partial charge < -0.3 is 28.7 Å². The first-order valence-electron chi connectivity index (χ1n) is 14.7. The molecule has 5 rings (SSSR count). The summed E-state index contributed by atoms with van der Waals surface area (Å²) in [6.45, 7) is 5.15. The maximum atomic E-state index is 13.6. The van der Waals surface area contributed by atoms with Gasteiger partial charge in [-0.3, -0.25) is 9.59 Å². The molecule has 0 bridgehead atoms. The van der Waals surface area contributed by atoms with E-state index < -0.39 is 12.0 Å². The molecule has 1 saturated heterocycles. The van der Waals surface area contributed by atoms with Gasteiger partial charge >= 0.3 is 11.9 Å². The maximum Gasteiger partial charge on any atom is 0.338 e. The molecule has 2 aromatic rings. The number of fused-ring (bicyclic) bond motifs is 1. The van der Waals surface area contributed by atoms with Crippen molar-refractivity contribution in [3.63, 3.8) is 0 Å². The number of amidine groups is 1. The quantitative estimate of drug-likeness (QED) is 0.331. The Labute approximate surface area is 261 Å². The molecule has 3 heterocycles. The Morgan fingerprint density at radius 3 is 2.59 bits per heavy atom. The lowest BCUT2D eigenvalue weighted by Crippen LogP contribution is -2.44. The Morgan fingerprint density at radius 2 is 1.86 bits per heavy atom. The number of aliphatic imine (C=N–C) groups is 1. The maximum absolute atomic E-state index is 13.6. The van der Waals surface area contributed by atoms with Crippen molar-refractivity contribution >= 4 is 34.8 Å². The summed E-state index contributed by atoms with van der Waals surface area (Å²) in [7, 11) is 2.91. The number of hydrogen-bond donors (Lipinski definition) is 0. The highest BCUT2D eigenvalue weighted by Crippen LogP contribution is 2.46. The number of methoxy groups -OCH3 is 2. The van der Waals surface area contributed by atoms with Crippen LogP contribution in [0, 0.1) is 5.92 Å². The fraction of sp³-hybridized carbons (Fsp3) is 0.394. The standard InChI is InChI=1S/C33H37N3O7S/c1-5-42-31(38)24-12-9-15-35(18-24)28(37)17-25-20-44-33-34-21(2)29(32(39)41-4)30(36(25)33)23-13-14-26(27(16-23)40-3)43-19-22-10-7-6-8-11-22/h6-8,10-11,13-14,16,20,24,30H,5,9,12,15,17-19H2,1-4H3. The number of rotatable bonds is 10. The summed E-state index contributed by atoms with van der Waals surface area (Å²) in [5.74, 6) is -0.122. The van der Waals surface area contributed by atoms with Gasteiger partial charge in [0.15, 0.2) is 16.7 Å². The van der Waals surface area contributed by atoms with E-state index in [-0.39, 0.29) is 24.2 Å². The summed E-state index contributed by atoms with van der Waals surface area (Å²) in [6, 6.07) is 14.8. The number of allylic oxidation sites excluding steroid dienone is 1. The molecule has 2 atom stereocenters. The molecule has 232 valence electrons. The molecule has 0 N–H and O–H groups in total. The molecular formula is C33H37N3O7S. The first-order valence-corrected chi connectivity index (χ1v) is 15.5. The second-order valence-corrected chi connectivity index (χ2v) is 11.5. The third-order valence-corrected chi connectivity index (χ3v) is 8.76. The molecular weight excluding hydrogens is 582 g/mol. The number of ether oxygens (including phenoxy) is 4. The normalized spacial score (nSPS) is 19.5. The second-order valence-electron chi connectivity index (χ2n) is 10.7. The molecule has 0 aliphatic carbocycles. The van der Waals surface area contributed by atoms with E-state index in [0.29, 0.717) is 66.4 Å². The highest BCUT2D eigenvalue weighted by molar-refractivity contribution is 8.16. The first kappa shape index (κ1) is 31.2. The summed E-state index contributed by atoms with van der Waals surface area (Å²) in [6.07, 6.45) is 1.52. The highest BCUT2D eigenvalue weighted by atomic mass is 32.2. The van der Waals surface area contributed by atoms with Crippen LogP contribution in [0.1, 0.15) is 50.3 Å². The predicted molar refractivity (Wildman–Crippen MR) is 167 cm³/mol. The number of carbonyl (C=O) groups excluding carboxylic acids is 3. The summed E-state index contributed by atoms with van der Waals surface area (Å²) >= 11 is 1.40. The molecule has 0 aromatic heterocycles. The van der Waals surface area contributed by atoms with Crippen LogP contribution in [-0.2, 0) is 30.5 Å². The second kappa shape index (κ2) is 14.0. The Morgan fingerprint density at radius 1 is 1.07 bits per heavy atom. The van der Waals surface area contributed by atoms with Crippen LogP contribution in [-0.4, -0.2) is 66.7 Å². The smallest absolute Gasteiger partial charge is 0.338 e. The molecule has 3 aliphatic heterocycles. The Hall–Kier alpha value is -4.25. The van der Waals surface area contributed by atoms with Gasteiger partial charge in [-0.05, 0) is 55.4 Å². The summed E-state index contributed by atoms with van der Waals surface area (Å²) in [4.78, 5) is 47.5. The van der Waals surface area contributed by atoms with Gasteiger partial charge in [-0.25, -0.2) is 9.79 Å². The highest BCUT2D eigenvalue weighted by Gasteiger charge is 2.42. The Bertz CT molecular complexity index is 1500. The van der Waals surface area contributed by atoms with Gasteiger partial charge in [0.1, 0.15) is 6.61 Å². The van der Waals surface area contributed by atoms with Crippen molar-refractivity contribution in [3.8, 4) is 11.5 Å². The summed E-state index contributed by atoms with van der Waals surface area (Å²) < 4.78 is 22.2. The monoisotopic (exact) mass is 619 g/mol. The summed E-state index contributed by atoms with van der Waals surface area (Å²) in [5.41, 5.74) is 3.39. The van der Waals surface area contributed by atoms with E-state index in [0.717, 1.165) is 17.5 Å². The van der Waals surface area contributed by atoms with E-state index in [1.54, 1.807) is 25.9 Å². The predicted octanol–water partition coefficient (Wildman–Crippen LogP) is 5.21. The van der Waals surface area contributed by atoms with Gasteiger partial charge in [-0.1, -0.05) is 48.2 Å². The van der Waals surface area contributed by atoms with Crippen LogP contribution in [0.5, 0.6) is 11.5 Å². The molecule has 11 heteroatoms. The molecule has 10 nitrogen and oxygen atoms in total. The molecule has 0 saturated carbocycles. The van der Waals surface area contributed by atoms with Gasteiger partial charge in [0.25, 0.3) is 0 Å². The van der Waals surface area contributed by atoms with E-state index in [1.807, 2.05) is 58.8 Å². The van der Waals surface area contributed by atoms with Crippen LogP contribution in [0.3, 0.4) is 0 Å². The Balaban J connectivity index is 1.42. The molecule has 0 spiro atoms. The van der Waals surface area contributed by atoms with Crippen LogP contribution in [0.2, 0.25) is 0 Å². The number of hydrogen-bond acceptors (Lipinski definition) is 10. The van der Waals surface area contributed by atoms with Crippen molar-refractivity contribution < 1.29 is 33.3 Å². The van der Waals surface area contributed by atoms with Crippen LogP contribution in [0.4, 0.5) is 0 Å². The van der Waals surface area contributed by atoms with E-state index in [9.17, 15) is 14.4 Å². The topological polar surface area (TPSA) is 107 Å². The number of likely N-dealkylation sites (tertiary alicyclic amines) is 1. The van der Waals surface area contributed by atoms with Crippen molar-refractivity contribution in [2.24, 2.45) is 10.9 Å². The minimum Gasteiger partial charge on any atom is -0.493 e. The average Bonchev–Trinajstić information content (AvgIpc) is 3.44. The molecule has 44 heavy (non-hydrogen) atoms. The largest absolute Gasteiger partial charge is 0.493 e. The van der Waals surface area contributed by atoms with Crippen molar-refractivity contribution in [2.45, 2.75) is 45.8 Å². The zero-order valence-corrected chi connectivity index (χ0v) is 26.2. The minimum atomic E-state index is -0.616. The van der Waals surface area contributed by atoms with Crippen molar-refractivity contribution in [1.82, 2.24) is 9.80 Å². The molecule has 1 fully saturated rings. The number of amides is 1. The van der Waals surface area contributed by atoms with E-state index in [4.69, 9.17) is 23.9 Å². The molecule has 2 unspecified atom stereocenters. The van der Waals surface area contributed by atoms with Gasteiger partial charge in [0, 0.05) is 18.8 Å². The molecule has 3 aliphatic rings. The number of benzene rings is 2. The van der Waals surface area contributed by atoms with Crippen LogP contribution < -0.4 is 9.47 Å². The SMILES string of the molecule is CCOC(=O)C1CCCN(C(=O)CC2=CSC3=NC(C)=C(C(=O)OC)C(c4ccc(OCc5ccccc5)c(OC)c4)N23)C1. The zero-order chi connectivity index (χ0) is 31.2. The zero-order valence-electron chi connectivity index (χ0n) is 25.4. The first-order chi connectivity index (χ1) is 21.3. The lowest BCUT2D eigenvalue weighted by molar-refractivity contribution is -0.151. The number of nitrogens with zero attached hydrogens (tertiary/aromatic N) is 3. The fourth-order valence-electron chi connectivity index (χ4n) is 5.69.